The highest BCUT2D eigenvalue weighted by atomic mass is 16.6. The highest BCUT2D eigenvalue weighted by molar-refractivity contribution is 6.24. The van der Waals surface area contributed by atoms with Gasteiger partial charge in [-0.1, -0.05) is 0 Å². The monoisotopic (exact) mass is 339 g/mol. The van der Waals surface area contributed by atoms with E-state index in [1.165, 1.54) is 24.1 Å². The number of fused-ring (bicyclic) bond motifs is 4. The first-order valence-electron chi connectivity index (χ1n) is 7.47. The molecule has 0 atom stereocenters. The van der Waals surface area contributed by atoms with E-state index < -0.39 is 4.92 Å². The molecule has 0 spiro atoms. The first-order chi connectivity index (χ1) is 12.0. The minimum Gasteiger partial charge on any atom is -0.493 e. The smallest absolute Gasteiger partial charge is 0.270 e. The van der Waals surface area contributed by atoms with Crippen molar-refractivity contribution in [3.63, 3.8) is 0 Å². The van der Waals surface area contributed by atoms with Crippen LogP contribution in [-0.4, -0.2) is 35.8 Å². The molecule has 2 aromatic carbocycles. The Hall–Kier alpha value is -3.42. The van der Waals surface area contributed by atoms with Gasteiger partial charge in [0, 0.05) is 29.3 Å². The summed E-state index contributed by atoms with van der Waals surface area (Å²) in [4.78, 5) is 29.2. The van der Waals surface area contributed by atoms with Crippen LogP contribution in [0.2, 0.25) is 0 Å². The number of methoxy groups -OCH3 is 2. The van der Waals surface area contributed by atoms with Gasteiger partial charge in [-0.3, -0.25) is 19.8 Å². The zero-order chi connectivity index (χ0) is 17.7. The van der Waals surface area contributed by atoms with Gasteiger partial charge in [-0.05, 0) is 12.1 Å². The number of nitro benzene ring substituents is 1. The van der Waals surface area contributed by atoms with Gasteiger partial charge >= 0.3 is 0 Å². The molecular formula is C17H13N3O5. The maximum absolute atomic E-state index is 12.7. The summed E-state index contributed by atoms with van der Waals surface area (Å²) in [6.07, 6.45) is 0. The second-order valence-electron chi connectivity index (χ2n) is 5.65. The summed E-state index contributed by atoms with van der Waals surface area (Å²) in [6, 6.07) is 7.78. The number of rotatable bonds is 3. The molecular weight excluding hydrogens is 326 g/mol. The summed E-state index contributed by atoms with van der Waals surface area (Å²) in [5.74, 6) is 1.31. The van der Waals surface area contributed by atoms with Gasteiger partial charge < -0.3 is 9.47 Å². The molecule has 0 unspecified atom stereocenters. The normalized spacial score (nSPS) is 14.4. The topological polar surface area (TPSA) is 94.3 Å². The molecule has 0 aromatic heterocycles. The highest BCUT2D eigenvalue weighted by Crippen LogP contribution is 2.40. The molecule has 2 heterocycles. The fourth-order valence-electron chi connectivity index (χ4n) is 3.10. The van der Waals surface area contributed by atoms with E-state index in [4.69, 9.17) is 9.47 Å². The minimum atomic E-state index is -0.517. The van der Waals surface area contributed by atoms with Crippen molar-refractivity contribution in [3.8, 4) is 11.5 Å². The Balaban J connectivity index is 1.86. The molecule has 126 valence electrons. The molecule has 0 radical (unpaired) electrons. The van der Waals surface area contributed by atoms with Crippen molar-refractivity contribution < 1.29 is 19.2 Å². The lowest BCUT2D eigenvalue weighted by atomic mass is 10.1. The molecule has 1 amide bonds. The second-order valence-corrected chi connectivity index (χ2v) is 5.65. The van der Waals surface area contributed by atoms with Crippen LogP contribution >= 0.6 is 0 Å². The van der Waals surface area contributed by atoms with Crippen LogP contribution in [0.4, 0.5) is 11.4 Å². The number of ether oxygens (including phenoxy) is 2. The van der Waals surface area contributed by atoms with Crippen molar-refractivity contribution in [2.45, 2.75) is 6.54 Å². The quantitative estimate of drug-likeness (QED) is 0.633. The summed E-state index contributed by atoms with van der Waals surface area (Å²) in [6.45, 7) is 0.315. The fraction of sp³-hybridized carbons (Fsp3) is 0.176. The molecule has 25 heavy (non-hydrogen) atoms. The van der Waals surface area contributed by atoms with Gasteiger partial charge in [0.25, 0.3) is 11.6 Å². The fourth-order valence-corrected chi connectivity index (χ4v) is 3.10. The number of carbonyl (C=O) groups is 1. The maximum atomic E-state index is 12.7. The zero-order valence-electron chi connectivity index (χ0n) is 13.5. The Labute approximate surface area is 142 Å². The molecule has 2 aromatic rings. The molecule has 8 heteroatoms. The van der Waals surface area contributed by atoms with E-state index in [1.807, 2.05) is 0 Å². The van der Waals surface area contributed by atoms with Crippen LogP contribution in [0.15, 0.2) is 35.3 Å². The lowest BCUT2D eigenvalue weighted by molar-refractivity contribution is -0.384. The van der Waals surface area contributed by atoms with Crippen LogP contribution in [0, 0.1) is 10.1 Å². The average molecular weight is 339 g/mol. The highest BCUT2D eigenvalue weighted by Gasteiger charge is 2.37. The van der Waals surface area contributed by atoms with E-state index in [2.05, 4.69) is 4.99 Å². The van der Waals surface area contributed by atoms with Crippen LogP contribution in [0.5, 0.6) is 11.5 Å². The van der Waals surface area contributed by atoms with Crippen molar-refractivity contribution in [3.05, 3.63) is 57.1 Å². The Kier molecular flexibility index (Phi) is 3.21. The number of hydrogen-bond acceptors (Lipinski definition) is 6. The lowest BCUT2D eigenvalue weighted by Crippen LogP contribution is -2.31. The molecule has 2 aliphatic rings. The SMILES string of the molecule is COc1cc2c(cc1OC)N=C1c3ccc([N+](=O)[O-])cc3C(=O)N1C2. The summed E-state index contributed by atoms with van der Waals surface area (Å²) < 4.78 is 10.6. The van der Waals surface area contributed by atoms with Crippen LogP contribution < -0.4 is 9.47 Å². The molecule has 0 saturated heterocycles. The Morgan fingerprint density at radius 3 is 2.52 bits per heavy atom. The van der Waals surface area contributed by atoms with E-state index in [9.17, 15) is 14.9 Å². The number of hydrogen-bond donors (Lipinski definition) is 0. The van der Waals surface area contributed by atoms with Crippen molar-refractivity contribution in [1.29, 1.82) is 0 Å². The molecule has 0 bridgehead atoms. The molecule has 0 N–H and O–H groups in total. The summed E-state index contributed by atoms with van der Waals surface area (Å²) >= 11 is 0. The van der Waals surface area contributed by atoms with Crippen molar-refractivity contribution in [2.24, 2.45) is 4.99 Å². The summed E-state index contributed by atoms with van der Waals surface area (Å²) in [5, 5.41) is 11.0. The largest absolute Gasteiger partial charge is 0.493 e. The first kappa shape index (κ1) is 15.1. The van der Waals surface area contributed by atoms with Gasteiger partial charge in [0.05, 0.1) is 36.9 Å². The Morgan fingerprint density at radius 2 is 1.84 bits per heavy atom. The standard InChI is InChI=1S/C17H13N3O5/c1-24-14-5-9-8-19-16(18-13(9)7-15(14)25-2)11-4-3-10(20(22)23)6-12(11)17(19)21/h3-7H,8H2,1-2H3. The predicted molar refractivity (Wildman–Crippen MR) is 88.7 cm³/mol. The Bertz CT molecular complexity index is 967. The predicted octanol–water partition coefficient (Wildman–Crippen LogP) is 2.66. The lowest BCUT2D eigenvalue weighted by Gasteiger charge is -2.24. The third-order valence-corrected chi connectivity index (χ3v) is 4.33. The number of nitro groups is 1. The number of nitrogens with zero attached hydrogens (tertiary/aromatic N) is 3. The Morgan fingerprint density at radius 1 is 1.12 bits per heavy atom. The number of aliphatic imine (C=N–C) groups is 1. The van der Waals surface area contributed by atoms with E-state index in [-0.39, 0.29) is 11.6 Å². The first-order valence-corrected chi connectivity index (χ1v) is 7.47. The molecule has 4 rings (SSSR count). The minimum absolute atomic E-state index is 0.117. The van der Waals surface area contributed by atoms with Crippen molar-refractivity contribution in [2.75, 3.05) is 14.2 Å². The van der Waals surface area contributed by atoms with Crippen molar-refractivity contribution in [1.82, 2.24) is 4.90 Å². The second kappa shape index (κ2) is 5.30. The summed E-state index contributed by atoms with van der Waals surface area (Å²) in [5.41, 5.74) is 2.27. The van der Waals surface area contributed by atoms with Gasteiger partial charge in [0.15, 0.2) is 11.5 Å². The average Bonchev–Trinajstić information content (AvgIpc) is 2.90. The summed E-state index contributed by atoms with van der Waals surface area (Å²) in [7, 11) is 3.08. The number of benzene rings is 2. The zero-order valence-corrected chi connectivity index (χ0v) is 13.5. The van der Waals surface area contributed by atoms with E-state index in [0.29, 0.717) is 40.7 Å². The molecule has 8 nitrogen and oxygen atoms in total. The van der Waals surface area contributed by atoms with Crippen LogP contribution in [0.1, 0.15) is 21.5 Å². The third-order valence-electron chi connectivity index (χ3n) is 4.33. The van der Waals surface area contributed by atoms with Gasteiger partial charge in [0.2, 0.25) is 0 Å². The van der Waals surface area contributed by atoms with Crippen molar-refractivity contribution >= 4 is 23.1 Å². The molecule has 0 aliphatic carbocycles. The molecule has 0 saturated carbocycles. The van der Waals surface area contributed by atoms with E-state index >= 15 is 0 Å². The van der Waals surface area contributed by atoms with Gasteiger partial charge in [-0.2, -0.15) is 0 Å². The van der Waals surface area contributed by atoms with Crippen LogP contribution in [-0.2, 0) is 6.54 Å². The maximum Gasteiger partial charge on any atom is 0.270 e. The number of carbonyl (C=O) groups excluding carboxylic acids is 1. The third kappa shape index (κ3) is 2.14. The van der Waals surface area contributed by atoms with Gasteiger partial charge in [-0.15, -0.1) is 0 Å². The van der Waals surface area contributed by atoms with E-state index in [1.54, 1.807) is 25.3 Å². The van der Waals surface area contributed by atoms with Crippen LogP contribution in [0.25, 0.3) is 0 Å². The molecule has 2 aliphatic heterocycles. The molecule has 0 fully saturated rings. The number of amidine groups is 1. The van der Waals surface area contributed by atoms with E-state index in [0.717, 1.165) is 5.56 Å². The van der Waals surface area contributed by atoms with Gasteiger partial charge in [0.1, 0.15) is 5.84 Å². The number of non-ortho nitro benzene ring substituents is 1. The van der Waals surface area contributed by atoms with Crippen LogP contribution in [0.3, 0.4) is 0 Å². The van der Waals surface area contributed by atoms with Gasteiger partial charge in [-0.25, -0.2) is 4.99 Å². The number of amides is 1.